The van der Waals surface area contributed by atoms with Gasteiger partial charge in [0.2, 0.25) is 11.8 Å². The number of hydrogen-bond acceptors (Lipinski definition) is 4. The molecular weight excluding hydrogens is 330 g/mol. The Hall–Kier alpha value is -1.83. The average molecular weight is 346 g/mol. The molecule has 1 rings (SSSR count). The van der Waals surface area contributed by atoms with E-state index >= 15 is 0 Å². The van der Waals surface area contributed by atoms with E-state index in [2.05, 4.69) is 31.9 Å². The highest BCUT2D eigenvalue weighted by atomic mass is 79.9. The summed E-state index contributed by atoms with van der Waals surface area (Å²) in [4.78, 5) is 34.6. The molecule has 0 aliphatic carbocycles. The minimum absolute atomic E-state index is 0.0986. The van der Waals surface area contributed by atoms with Crippen LogP contribution in [0.5, 0.6) is 0 Å². The Morgan fingerprint density at radius 3 is 2.55 bits per heavy atom. The van der Waals surface area contributed by atoms with Crippen molar-refractivity contribution in [2.24, 2.45) is 0 Å². The molecule has 1 aromatic rings. The van der Waals surface area contributed by atoms with Gasteiger partial charge < -0.3 is 20.4 Å². The Balaban J connectivity index is 2.36. The molecule has 1 aromatic heterocycles. The summed E-state index contributed by atoms with van der Waals surface area (Å²) in [5.74, 6) is -1.14. The van der Waals surface area contributed by atoms with Crippen LogP contribution >= 0.6 is 15.9 Å². The van der Waals surface area contributed by atoms with E-state index in [9.17, 15) is 14.4 Å². The maximum absolute atomic E-state index is 11.6. The van der Waals surface area contributed by atoms with Gasteiger partial charge in [0.25, 0.3) is 5.91 Å². The van der Waals surface area contributed by atoms with Crippen molar-refractivity contribution in [2.75, 3.05) is 13.1 Å². The molecule has 0 unspecified atom stereocenters. The highest BCUT2D eigenvalue weighted by Gasteiger charge is 2.16. The molecule has 7 nitrogen and oxygen atoms in total. The van der Waals surface area contributed by atoms with Crippen LogP contribution in [0, 0.1) is 0 Å². The molecule has 0 fully saturated rings. The van der Waals surface area contributed by atoms with Crippen LogP contribution in [0.2, 0.25) is 0 Å². The number of halogens is 1. The molecule has 1 atom stereocenters. The van der Waals surface area contributed by atoms with Crippen LogP contribution in [0.1, 0.15) is 24.4 Å². The maximum Gasteiger partial charge on any atom is 0.287 e. The third-order valence-corrected chi connectivity index (χ3v) is 2.75. The lowest BCUT2D eigenvalue weighted by Crippen LogP contribution is -2.47. The first-order chi connectivity index (χ1) is 9.43. The van der Waals surface area contributed by atoms with Crippen molar-refractivity contribution in [3.05, 3.63) is 22.6 Å². The van der Waals surface area contributed by atoms with Gasteiger partial charge in [-0.05, 0) is 41.9 Å². The number of amides is 3. The van der Waals surface area contributed by atoms with E-state index in [1.165, 1.54) is 6.07 Å². The fourth-order valence-corrected chi connectivity index (χ4v) is 1.68. The van der Waals surface area contributed by atoms with Crippen LogP contribution in [-0.2, 0) is 9.59 Å². The fourth-order valence-electron chi connectivity index (χ4n) is 1.37. The van der Waals surface area contributed by atoms with Crippen LogP contribution in [0.4, 0.5) is 0 Å². The smallest absolute Gasteiger partial charge is 0.287 e. The van der Waals surface area contributed by atoms with Crippen molar-refractivity contribution < 1.29 is 18.8 Å². The van der Waals surface area contributed by atoms with Gasteiger partial charge in [-0.15, -0.1) is 0 Å². The molecule has 20 heavy (non-hydrogen) atoms. The van der Waals surface area contributed by atoms with E-state index in [1.807, 2.05) is 0 Å². The van der Waals surface area contributed by atoms with Gasteiger partial charge in [0, 0.05) is 6.54 Å². The minimum Gasteiger partial charge on any atom is -0.444 e. The first-order valence-electron chi connectivity index (χ1n) is 6.04. The number of rotatable bonds is 6. The molecule has 110 valence electrons. The molecule has 0 bridgehead atoms. The molecule has 0 saturated carbocycles. The number of nitrogens with one attached hydrogen (secondary N) is 3. The Morgan fingerprint density at radius 2 is 2.00 bits per heavy atom. The highest BCUT2D eigenvalue weighted by Crippen LogP contribution is 2.13. The number of furan rings is 1. The van der Waals surface area contributed by atoms with Gasteiger partial charge in [-0.25, -0.2) is 0 Å². The van der Waals surface area contributed by atoms with E-state index < -0.39 is 17.9 Å². The normalized spacial score (nSPS) is 11.6. The summed E-state index contributed by atoms with van der Waals surface area (Å²) < 4.78 is 5.47. The summed E-state index contributed by atoms with van der Waals surface area (Å²) >= 11 is 3.07. The van der Waals surface area contributed by atoms with E-state index in [0.29, 0.717) is 11.2 Å². The molecule has 1 heterocycles. The van der Waals surface area contributed by atoms with Crippen LogP contribution < -0.4 is 16.0 Å². The summed E-state index contributed by atoms with van der Waals surface area (Å²) in [5, 5.41) is 7.44. The van der Waals surface area contributed by atoms with Crippen LogP contribution in [0.3, 0.4) is 0 Å². The Kier molecular flexibility index (Phi) is 6.23. The summed E-state index contributed by atoms with van der Waals surface area (Å²) in [5.41, 5.74) is 0. The van der Waals surface area contributed by atoms with Gasteiger partial charge in [-0.3, -0.25) is 14.4 Å². The van der Waals surface area contributed by atoms with Gasteiger partial charge in [0.15, 0.2) is 10.4 Å². The maximum atomic E-state index is 11.6. The fraction of sp³-hybridized carbons (Fsp3) is 0.417. The van der Waals surface area contributed by atoms with Crippen molar-refractivity contribution in [3.8, 4) is 0 Å². The molecule has 0 aromatic carbocycles. The molecule has 0 aliphatic heterocycles. The molecule has 8 heteroatoms. The number of hydrogen-bond donors (Lipinski definition) is 3. The van der Waals surface area contributed by atoms with E-state index in [4.69, 9.17) is 4.42 Å². The second-order valence-corrected chi connectivity index (χ2v) is 4.75. The van der Waals surface area contributed by atoms with Crippen molar-refractivity contribution >= 4 is 33.7 Å². The zero-order valence-corrected chi connectivity index (χ0v) is 12.7. The Bertz CT molecular complexity index is 501. The van der Waals surface area contributed by atoms with E-state index in [-0.39, 0.29) is 18.2 Å². The Labute approximate surface area is 124 Å². The van der Waals surface area contributed by atoms with Gasteiger partial charge in [-0.2, -0.15) is 0 Å². The SMILES string of the molecule is CCNC(=O)[C@@H](C)NC(=O)CNC(=O)c1ccc(Br)o1. The third kappa shape index (κ3) is 5.04. The lowest BCUT2D eigenvalue weighted by atomic mass is 10.3. The van der Waals surface area contributed by atoms with Gasteiger partial charge in [0.1, 0.15) is 6.04 Å². The van der Waals surface area contributed by atoms with Crippen LogP contribution in [0.25, 0.3) is 0 Å². The van der Waals surface area contributed by atoms with Crippen molar-refractivity contribution in [1.82, 2.24) is 16.0 Å². The number of carbonyl (C=O) groups excluding carboxylic acids is 3. The first-order valence-corrected chi connectivity index (χ1v) is 6.84. The largest absolute Gasteiger partial charge is 0.444 e. The monoisotopic (exact) mass is 345 g/mol. The lowest BCUT2D eigenvalue weighted by molar-refractivity contribution is -0.128. The second-order valence-electron chi connectivity index (χ2n) is 3.97. The van der Waals surface area contributed by atoms with E-state index in [0.717, 1.165) is 0 Å². The molecule has 3 amide bonds. The molecular formula is C12H16BrN3O4. The molecule has 0 radical (unpaired) electrons. The van der Waals surface area contributed by atoms with Crippen molar-refractivity contribution in [2.45, 2.75) is 19.9 Å². The zero-order chi connectivity index (χ0) is 15.1. The summed E-state index contributed by atoms with van der Waals surface area (Å²) in [6.07, 6.45) is 0. The summed E-state index contributed by atoms with van der Waals surface area (Å²) in [6, 6.07) is 2.40. The van der Waals surface area contributed by atoms with Crippen LogP contribution in [-0.4, -0.2) is 36.9 Å². The average Bonchev–Trinajstić information content (AvgIpc) is 2.83. The summed E-state index contributed by atoms with van der Waals surface area (Å²) in [7, 11) is 0. The summed E-state index contributed by atoms with van der Waals surface area (Å²) in [6.45, 7) is 3.60. The highest BCUT2D eigenvalue weighted by molar-refractivity contribution is 9.10. The quantitative estimate of drug-likeness (QED) is 0.695. The standard InChI is InChI=1S/C12H16BrN3O4/c1-3-14-11(18)7(2)16-10(17)6-15-12(19)8-4-5-9(13)20-8/h4-5,7H,3,6H2,1-2H3,(H,14,18)(H,15,19)(H,16,17)/t7-/m1/s1. The zero-order valence-electron chi connectivity index (χ0n) is 11.2. The molecule has 0 spiro atoms. The second kappa shape index (κ2) is 7.68. The van der Waals surface area contributed by atoms with Crippen LogP contribution in [0.15, 0.2) is 21.2 Å². The number of likely N-dealkylation sites (N-methyl/N-ethyl adjacent to an activating group) is 1. The minimum atomic E-state index is -0.655. The molecule has 0 saturated heterocycles. The van der Waals surface area contributed by atoms with Gasteiger partial charge >= 0.3 is 0 Å². The van der Waals surface area contributed by atoms with Gasteiger partial charge in [0.05, 0.1) is 6.54 Å². The number of carbonyl (C=O) groups is 3. The predicted molar refractivity (Wildman–Crippen MR) is 75.0 cm³/mol. The molecule has 0 aliphatic rings. The Morgan fingerprint density at radius 1 is 1.30 bits per heavy atom. The lowest BCUT2D eigenvalue weighted by Gasteiger charge is -2.13. The predicted octanol–water partition coefficient (Wildman–Crippen LogP) is 0.413. The van der Waals surface area contributed by atoms with Gasteiger partial charge in [-0.1, -0.05) is 0 Å². The third-order valence-electron chi connectivity index (χ3n) is 2.33. The van der Waals surface area contributed by atoms with Crippen molar-refractivity contribution in [3.63, 3.8) is 0 Å². The van der Waals surface area contributed by atoms with E-state index in [1.54, 1.807) is 19.9 Å². The van der Waals surface area contributed by atoms with Crippen molar-refractivity contribution in [1.29, 1.82) is 0 Å². The first kappa shape index (κ1) is 16.2. The molecule has 3 N–H and O–H groups in total. The topological polar surface area (TPSA) is 100 Å².